The standard InChI is InChI=1S/C30H36N2O6/c1-4-18-37-24-10-8-23(9-11-24)28(33)26-27(22-6-12-25(13-7-22)38-21(2)3)32(30(35)29(26)34)15-5-14-31-16-19-36-20-17-31/h4,6-13,21,27,33H,1,5,14-20H2,2-3H3/t27-/m0/s1. The first-order valence-electron chi connectivity index (χ1n) is 13.1. The van der Waals surface area contributed by atoms with Crippen molar-refractivity contribution in [3.8, 4) is 11.5 Å². The molecule has 0 unspecified atom stereocenters. The first-order valence-corrected chi connectivity index (χ1v) is 13.1. The number of carbonyl (C=O) groups is 2. The van der Waals surface area contributed by atoms with Crippen molar-refractivity contribution in [2.75, 3.05) is 46.0 Å². The Balaban J connectivity index is 1.64. The van der Waals surface area contributed by atoms with Crippen LogP contribution in [-0.4, -0.2) is 78.7 Å². The highest BCUT2D eigenvalue weighted by atomic mass is 16.5. The highest BCUT2D eigenvalue weighted by Gasteiger charge is 2.45. The molecule has 202 valence electrons. The lowest BCUT2D eigenvalue weighted by Crippen LogP contribution is -2.38. The van der Waals surface area contributed by atoms with E-state index in [0.29, 0.717) is 49.8 Å². The van der Waals surface area contributed by atoms with Crippen molar-refractivity contribution < 1.29 is 28.9 Å². The molecule has 2 aromatic carbocycles. The van der Waals surface area contributed by atoms with E-state index < -0.39 is 17.7 Å². The lowest BCUT2D eigenvalue weighted by molar-refractivity contribution is -0.140. The SMILES string of the molecule is C=CCOc1ccc(C(O)=C2C(=O)C(=O)N(CCCN3CCOCC3)[C@H]2c2ccc(OC(C)C)cc2)cc1. The van der Waals surface area contributed by atoms with E-state index in [1.54, 1.807) is 35.2 Å². The highest BCUT2D eigenvalue weighted by molar-refractivity contribution is 6.46. The van der Waals surface area contributed by atoms with Gasteiger partial charge in [-0.1, -0.05) is 24.8 Å². The van der Waals surface area contributed by atoms with Crippen LogP contribution in [0.3, 0.4) is 0 Å². The Labute approximate surface area is 224 Å². The van der Waals surface area contributed by atoms with Crippen LogP contribution in [0.15, 0.2) is 66.8 Å². The predicted molar refractivity (Wildman–Crippen MR) is 145 cm³/mol. The number of ether oxygens (including phenoxy) is 3. The Kier molecular flexibility index (Phi) is 9.20. The summed E-state index contributed by atoms with van der Waals surface area (Å²) >= 11 is 0. The molecule has 0 bridgehead atoms. The molecule has 2 aliphatic rings. The Morgan fingerprint density at radius 3 is 2.34 bits per heavy atom. The number of hydrogen-bond donors (Lipinski definition) is 1. The van der Waals surface area contributed by atoms with Crippen molar-refractivity contribution in [2.45, 2.75) is 32.4 Å². The van der Waals surface area contributed by atoms with Crippen LogP contribution in [0, 0.1) is 0 Å². The largest absolute Gasteiger partial charge is 0.507 e. The Morgan fingerprint density at radius 2 is 1.71 bits per heavy atom. The summed E-state index contributed by atoms with van der Waals surface area (Å²) in [4.78, 5) is 30.4. The van der Waals surface area contributed by atoms with Crippen molar-refractivity contribution in [2.24, 2.45) is 0 Å². The number of aliphatic hydroxyl groups is 1. The molecule has 2 aromatic rings. The molecule has 0 radical (unpaired) electrons. The zero-order valence-corrected chi connectivity index (χ0v) is 22.1. The molecule has 0 saturated carbocycles. The molecule has 2 aliphatic heterocycles. The monoisotopic (exact) mass is 520 g/mol. The van der Waals surface area contributed by atoms with Crippen molar-refractivity contribution in [1.29, 1.82) is 0 Å². The summed E-state index contributed by atoms with van der Waals surface area (Å²) in [6.07, 6.45) is 2.37. The van der Waals surface area contributed by atoms with E-state index in [1.165, 1.54) is 0 Å². The van der Waals surface area contributed by atoms with Crippen molar-refractivity contribution >= 4 is 17.4 Å². The van der Waals surface area contributed by atoms with Crippen LogP contribution in [0.4, 0.5) is 0 Å². The van der Waals surface area contributed by atoms with Gasteiger partial charge in [-0.3, -0.25) is 14.5 Å². The lowest BCUT2D eigenvalue weighted by Gasteiger charge is -2.29. The minimum Gasteiger partial charge on any atom is -0.507 e. The van der Waals surface area contributed by atoms with Gasteiger partial charge in [-0.2, -0.15) is 0 Å². The first-order chi connectivity index (χ1) is 18.4. The van der Waals surface area contributed by atoms with E-state index in [-0.39, 0.29) is 17.4 Å². The van der Waals surface area contributed by atoms with Gasteiger partial charge in [0, 0.05) is 31.7 Å². The topological polar surface area (TPSA) is 88.5 Å². The maximum absolute atomic E-state index is 13.3. The predicted octanol–water partition coefficient (Wildman–Crippen LogP) is 4.18. The first kappa shape index (κ1) is 27.4. The fourth-order valence-corrected chi connectivity index (χ4v) is 4.77. The van der Waals surface area contributed by atoms with Crippen molar-refractivity contribution in [1.82, 2.24) is 9.80 Å². The molecular formula is C30H36N2O6. The van der Waals surface area contributed by atoms with E-state index >= 15 is 0 Å². The summed E-state index contributed by atoms with van der Waals surface area (Å²) in [5, 5.41) is 11.3. The highest BCUT2D eigenvalue weighted by Crippen LogP contribution is 2.40. The molecule has 2 fully saturated rings. The smallest absolute Gasteiger partial charge is 0.295 e. The number of nitrogens with zero attached hydrogens (tertiary/aromatic N) is 2. The number of aliphatic hydroxyl groups excluding tert-OH is 1. The Hall–Kier alpha value is -3.62. The minimum atomic E-state index is -0.704. The van der Waals surface area contributed by atoms with Gasteiger partial charge >= 0.3 is 0 Å². The lowest BCUT2D eigenvalue weighted by atomic mass is 9.95. The molecule has 0 aliphatic carbocycles. The van der Waals surface area contributed by atoms with Crippen LogP contribution in [0.5, 0.6) is 11.5 Å². The molecule has 0 spiro atoms. The molecule has 1 N–H and O–H groups in total. The number of hydrogen-bond acceptors (Lipinski definition) is 7. The number of amides is 1. The third kappa shape index (κ3) is 6.44. The average Bonchev–Trinajstić information content (AvgIpc) is 3.17. The van der Waals surface area contributed by atoms with Crippen molar-refractivity contribution in [3.63, 3.8) is 0 Å². The van der Waals surface area contributed by atoms with Crippen LogP contribution in [0.2, 0.25) is 0 Å². The maximum Gasteiger partial charge on any atom is 0.295 e. The normalized spacial score (nSPS) is 19.7. The van der Waals surface area contributed by atoms with Crippen LogP contribution in [-0.2, 0) is 14.3 Å². The fourth-order valence-electron chi connectivity index (χ4n) is 4.77. The van der Waals surface area contributed by atoms with Crippen molar-refractivity contribution in [3.05, 3.63) is 77.9 Å². The summed E-state index contributed by atoms with van der Waals surface area (Å²) in [5.74, 6) is -0.187. The summed E-state index contributed by atoms with van der Waals surface area (Å²) in [6.45, 7) is 12.2. The van der Waals surface area contributed by atoms with Gasteiger partial charge in [0.2, 0.25) is 0 Å². The minimum absolute atomic E-state index is 0.0186. The fraction of sp³-hybridized carbons (Fsp3) is 0.400. The van der Waals surface area contributed by atoms with E-state index in [9.17, 15) is 14.7 Å². The number of rotatable bonds is 11. The summed E-state index contributed by atoms with van der Waals surface area (Å²) in [7, 11) is 0. The van der Waals surface area contributed by atoms with Crippen LogP contribution >= 0.6 is 0 Å². The molecule has 0 aromatic heterocycles. The Morgan fingerprint density at radius 1 is 1.05 bits per heavy atom. The van der Waals surface area contributed by atoms with Gasteiger partial charge in [-0.15, -0.1) is 0 Å². The molecule has 1 atom stereocenters. The van der Waals surface area contributed by atoms with Gasteiger partial charge in [0.1, 0.15) is 23.9 Å². The molecule has 38 heavy (non-hydrogen) atoms. The zero-order chi connectivity index (χ0) is 27.1. The van der Waals surface area contributed by atoms with Crippen LogP contribution in [0.25, 0.3) is 5.76 Å². The Bertz CT molecular complexity index is 1150. The second-order valence-electron chi connectivity index (χ2n) is 9.66. The van der Waals surface area contributed by atoms with Crippen LogP contribution in [0.1, 0.15) is 37.4 Å². The number of carbonyl (C=O) groups excluding carboxylic acids is 2. The second-order valence-corrected chi connectivity index (χ2v) is 9.66. The summed E-state index contributed by atoms with van der Waals surface area (Å²) in [5.41, 5.74) is 1.25. The van der Waals surface area contributed by atoms with Gasteiger partial charge in [-0.05, 0) is 62.2 Å². The maximum atomic E-state index is 13.3. The molecule has 2 saturated heterocycles. The number of morpholine rings is 1. The van der Waals surface area contributed by atoms with Gasteiger partial charge in [0.25, 0.3) is 11.7 Å². The van der Waals surface area contributed by atoms with Crippen LogP contribution < -0.4 is 9.47 Å². The van der Waals surface area contributed by atoms with E-state index in [1.807, 2.05) is 38.1 Å². The average molecular weight is 521 g/mol. The molecular weight excluding hydrogens is 484 g/mol. The molecule has 8 nitrogen and oxygen atoms in total. The second kappa shape index (κ2) is 12.8. The third-order valence-corrected chi connectivity index (χ3v) is 6.58. The number of benzene rings is 2. The van der Waals surface area contributed by atoms with Gasteiger partial charge in [-0.25, -0.2) is 0 Å². The summed E-state index contributed by atoms with van der Waals surface area (Å²) < 4.78 is 16.7. The van der Waals surface area contributed by atoms with Gasteiger partial charge in [0.15, 0.2) is 0 Å². The molecule has 8 heteroatoms. The van der Waals surface area contributed by atoms with Gasteiger partial charge in [0.05, 0.1) is 30.9 Å². The third-order valence-electron chi connectivity index (χ3n) is 6.58. The molecule has 2 heterocycles. The number of ketones is 1. The molecule has 4 rings (SSSR count). The van der Waals surface area contributed by atoms with E-state index in [0.717, 1.165) is 25.2 Å². The van der Waals surface area contributed by atoms with Gasteiger partial charge < -0.3 is 24.2 Å². The zero-order valence-electron chi connectivity index (χ0n) is 22.1. The molecule has 1 amide bonds. The summed E-state index contributed by atoms with van der Waals surface area (Å²) in [6, 6.07) is 13.4. The number of Topliss-reactive ketones (excluding diaryl/α,β-unsaturated/α-hetero) is 1. The number of likely N-dealkylation sites (tertiary alicyclic amines) is 1. The van der Waals surface area contributed by atoms with E-state index in [4.69, 9.17) is 14.2 Å². The quantitative estimate of drug-likeness (QED) is 0.206. The van der Waals surface area contributed by atoms with E-state index in [2.05, 4.69) is 11.5 Å².